The quantitative estimate of drug-likeness (QED) is 0.756. The van der Waals surface area contributed by atoms with E-state index in [1.54, 1.807) is 23.5 Å². The Bertz CT molecular complexity index is 586. The zero-order valence-electron chi connectivity index (χ0n) is 11.7. The van der Waals surface area contributed by atoms with Crippen molar-refractivity contribution in [3.8, 4) is 5.75 Å². The first kappa shape index (κ1) is 16.4. The summed E-state index contributed by atoms with van der Waals surface area (Å²) in [7, 11) is 0. The van der Waals surface area contributed by atoms with Crippen molar-refractivity contribution < 1.29 is 13.5 Å². The lowest BCUT2D eigenvalue weighted by atomic mass is 10.1. The summed E-state index contributed by atoms with van der Waals surface area (Å²) in [6, 6.07) is 8.88. The molecule has 0 radical (unpaired) electrons. The van der Waals surface area contributed by atoms with E-state index in [1.165, 1.54) is 9.75 Å². The molecule has 2 aromatic rings. The van der Waals surface area contributed by atoms with Crippen LogP contribution in [0.5, 0.6) is 5.75 Å². The molecule has 1 unspecified atom stereocenters. The molecule has 0 saturated heterocycles. The van der Waals surface area contributed by atoms with Gasteiger partial charge in [-0.25, -0.2) is 0 Å². The third-order valence-corrected chi connectivity index (χ3v) is 4.98. The van der Waals surface area contributed by atoms with E-state index in [0.717, 1.165) is 16.6 Å². The van der Waals surface area contributed by atoms with Crippen LogP contribution in [0.25, 0.3) is 0 Å². The van der Waals surface area contributed by atoms with E-state index >= 15 is 0 Å². The largest absolute Gasteiger partial charge is 0.435 e. The number of nitrogens with one attached hydrogen (secondary N) is 1. The number of benzene rings is 1. The van der Waals surface area contributed by atoms with E-state index in [-0.39, 0.29) is 11.8 Å². The average molecular weight is 376 g/mol. The first-order valence-corrected chi connectivity index (χ1v) is 8.16. The number of rotatable bonds is 6. The van der Waals surface area contributed by atoms with Crippen LogP contribution in [0.4, 0.5) is 8.78 Å². The highest BCUT2D eigenvalue weighted by Gasteiger charge is 2.18. The van der Waals surface area contributed by atoms with Crippen molar-refractivity contribution in [2.45, 2.75) is 26.5 Å². The molecular weight excluding hydrogens is 360 g/mol. The van der Waals surface area contributed by atoms with Gasteiger partial charge in [0.25, 0.3) is 0 Å². The van der Waals surface area contributed by atoms with E-state index < -0.39 is 6.61 Å². The lowest BCUT2D eigenvalue weighted by Gasteiger charge is -2.18. The van der Waals surface area contributed by atoms with Crippen molar-refractivity contribution in [2.24, 2.45) is 0 Å². The van der Waals surface area contributed by atoms with E-state index in [2.05, 4.69) is 39.0 Å². The predicted octanol–water partition coefficient (Wildman–Crippen LogP) is 5.12. The molecule has 0 saturated carbocycles. The molecule has 2 nitrogen and oxygen atoms in total. The molecule has 6 heteroatoms. The number of aryl methyl sites for hydroxylation is 1. The molecule has 21 heavy (non-hydrogen) atoms. The fourth-order valence-corrected chi connectivity index (χ4v) is 4.09. The van der Waals surface area contributed by atoms with Crippen LogP contribution < -0.4 is 10.1 Å². The number of hydrogen-bond acceptors (Lipinski definition) is 3. The van der Waals surface area contributed by atoms with Crippen molar-refractivity contribution in [3.63, 3.8) is 0 Å². The smallest absolute Gasteiger partial charge is 0.387 e. The minimum atomic E-state index is -2.80. The maximum absolute atomic E-state index is 12.2. The Hall–Kier alpha value is -0.980. The second kappa shape index (κ2) is 7.33. The van der Waals surface area contributed by atoms with Crippen LogP contribution in [-0.2, 0) is 0 Å². The first-order chi connectivity index (χ1) is 10.0. The van der Waals surface area contributed by atoms with Gasteiger partial charge >= 0.3 is 6.61 Å². The minimum absolute atomic E-state index is 0.0312. The van der Waals surface area contributed by atoms with Crippen LogP contribution in [0.15, 0.2) is 34.8 Å². The molecule has 0 bridgehead atoms. The second-order valence-corrected chi connectivity index (χ2v) is 6.65. The van der Waals surface area contributed by atoms with Crippen molar-refractivity contribution in [1.29, 1.82) is 0 Å². The maximum Gasteiger partial charge on any atom is 0.387 e. The number of thiophene rings is 1. The van der Waals surface area contributed by atoms with E-state index in [0.29, 0.717) is 0 Å². The van der Waals surface area contributed by atoms with Crippen molar-refractivity contribution in [1.82, 2.24) is 5.32 Å². The molecule has 0 fully saturated rings. The summed E-state index contributed by atoms with van der Waals surface area (Å²) in [4.78, 5) is 2.40. The van der Waals surface area contributed by atoms with Gasteiger partial charge in [0.15, 0.2) is 0 Å². The summed E-state index contributed by atoms with van der Waals surface area (Å²) in [5.74, 6) is 0.172. The number of ether oxygens (including phenoxy) is 1. The Morgan fingerprint density at radius 3 is 2.43 bits per heavy atom. The van der Waals surface area contributed by atoms with Crippen LogP contribution in [0.1, 0.15) is 28.3 Å². The van der Waals surface area contributed by atoms with Crippen molar-refractivity contribution in [3.05, 3.63) is 50.1 Å². The van der Waals surface area contributed by atoms with Gasteiger partial charge in [0.05, 0.1) is 6.04 Å². The van der Waals surface area contributed by atoms with Gasteiger partial charge in [0.1, 0.15) is 5.75 Å². The van der Waals surface area contributed by atoms with Crippen molar-refractivity contribution >= 4 is 27.3 Å². The van der Waals surface area contributed by atoms with Crippen LogP contribution in [0.2, 0.25) is 0 Å². The van der Waals surface area contributed by atoms with Crippen LogP contribution in [0, 0.1) is 6.92 Å². The van der Waals surface area contributed by atoms with E-state index in [1.807, 2.05) is 19.1 Å². The summed E-state index contributed by atoms with van der Waals surface area (Å²) < 4.78 is 29.8. The molecule has 0 aliphatic heterocycles. The molecule has 0 amide bonds. The molecular formula is C15H16BrF2NOS. The molecule has 2 rings (SSSR count). The molecule has 1 heterocycles. The fourth-order valence-electron chi connectivity index (χ4n) is 2.11. The van der Waals surface area contributed by atoms with E-state index in [9.17, 15) is 8.78 Å². The van der Waals surface area contributed by atoms with Gasteiger partial charge in [-0.05, 0) is 53.2 Å². The highest BCUT2D eigenvalue weighted by molar-refractivity contribution is 9.10. The fraction of sp³-hybridized carbons (Fsp3) is 0.333. The summed E-state index contributed by atoms with van der Waals surface area (Å²) in [6.07, 6.45) is 0. The zero-order valence-corrected chi connectivity index (χ0v) is 14.1. The van der Waals surface area contributed by atoms with Crippen LogP contribution >= 0.6 is 27.3 Å². The van der Waals surface area contributed by atoms with E-state index in [4.69, 9.17) is 0 Å². The molecule has 0 aliphatic rings. The summed E-state index contributed by atoms with van der Waals surface area (Å²) in [5, 5.41) is 3.42. The van der Waals surface area contributed by atoms with Crippen molar-refractivity contribution in [2.75, 3.05) is 6.54 Å². The molecule has 0 spiro atoms. The number of alkyl halides is 2. The Kier molecular flexibility index (Phi) is 5.72. The molecule has 1 aromatic heterocycles. The summed E-state index contributed by atoms with van der Waals surface area (Å²) in [5.41, 5.74) is 1.01. The highest BCUT2D eigenvalue weighted by atomic mass is 79.9. The van der Waals surface area contributed by atoms with Crippen LogP contribution in [-0.4, -0.2) is 13.2 Å². The standard InChI is InChI=1S/C15H16BrF2NOS/c1-3-19-13(14-12(16)8-9(2)21-14)10-4-6-11(7-5-10)20-15(17)18/h4-8,13,15,19H,3H2,1-2H3. The van der Waals surface area contributed by atoms with Gasteiger partial charge in [0.2, 0.25) is 0 Å². The van der Waals surface area contributed by atoms with Gasteiger partial charge in [-0.1, -0.05) is 19.1 Å². The number of halogens is 3. The topological polar surface area (TPSA) is 21.3 Å². The zero-order chi connectivity index (χ0) is 15.4. The normalized spacial score (nSPS) is 12.7. The Labute approximate surface area is 135 Å². The maximum atomic E-state index is 12.2. The minimum Gasteiger partial charge on any atom is -0.435 e. The SMILES string of the molecule is CCNC(c1ccc(OC(F)F)cc1)c1sc(C)cc1Br. The molecule has 114 valence electrons. The van der Waals surface area contributed by atoms with Gasteiger partial charge in [-0.3, -0.25) is 0 Å². The molecule has 1 N–H and O–H groups in total. The molecule has 1 atom stereocenters. The van der Waals surface area contributed by atoms with Crippen LogP contribution in [0.3, 0.4) is 0 Å². The third kappa shape index (κ3) is 4.25. The number of hydrogen-bond donors (Lipinski definition) is 1. The van der Waals surface area contributed by atoms with Gasteiger partial charge in [0, 0.05) is 14.2 Å². The van der Waals surface area contributed by atoms with Gasteiger partial charge in [-0.2, -0.15) is 8.78 Å². The Morgan fingerprint density at radius 2 is 1.95 bits per heavy atom. The lowest BCUT2D eigenvalue weighted by molar-refractivity contribution is -0.0498. The second-order valence-electron chi connectivity index (χ2n) is 4.51. The third-order valence-electron chi connectivity index (χ3n) is 2.95. The first-order valence-electron chi connectivity index (χ1n) is 6.55. The summed E-state index contributed by atoms with van der Waals surface area (Å²) >= 11 is 5.29. The molecule has 0 aliphatic carbocycles. The Balaban J connectivity index is 2.28. The predicted molar refractivity (Wildman–Crippen MR) is 85.3 cm³/mol. The summed E-state index contributed by atoms with van der Waals surface area (Å²) in [6.45, 7) is 2.11. The molecule has 1 aromatic carbocycles. The highest BCUT2D eigenvalue weighted by Crippen LogP contribution is 2.36. The average Bonchev–Trinajstić information content (AvgIpc) is 2.75. The Morgan fingerprint density at radius 1 is 1.29 bits per heavy atom. The lowest BCUT2D eigenvalue weighted by Crippen LogP contribution is -2.21. The monoisotopic (exact) mass is 375 g/mol. The van der Waals surface area contributed by atoms with Gasteiger partial charge < -0.3 is 10.1 Å². The van der Waals surface area contributed by atoms with Gasteiger partial charge in [-0.15, -0.1) is 11.3 Å².